The van der Waals surface area contributed by atoms with Crippen LogP contribution in [0.15, 0.2) is 0 Å². The number of rotatable bonds is 8. The molecule has 3 heteroatoms. The van der Waals surface area contributed by atoms with Crippen LogP contribution < -0.4 is 0 Å². The lowest BCUT2D eigenvalue weighted by atomic mass is 10.4. The van der Waals surface area contributed by atoms with Crippen molar-refractivity contribution in [1.82, 2.24) is 0 Å². The van der Waals surface area contributed by atoms with Crippen molar-refractivity contribution >= 4 is 9.52 Å². The highest BCUT2D eigenvalue weighted by Crippen LogP contribution is 1.98. The Bertz CT molecular complexity index is 82.6. The van der Waals surface area contributed by atoms with Crippen LogP contribution in [0.4, 0.5) is 0 Å². The van der Waals surface area contributed by atoms with Gasteiger partial charge in [-0.1, -0.05) is 19.8 Å². The van der Waals surface area contributed by atoms with Gasteiger partial charge in [0.2, 0.25) is 0 Å². The maximum atomic E-state index is 5.44. The molecule has 2 nitrogen and oxygen atoms in total. The van der Waals surface area contributed by atoms with Crippen LogP contribution in [-0.4, -0.2) is 28.6 Å². The summed E-state index contributed by atoms with van der Waals surface area (Å²) in [5.74, 6) is 0.117. The molecule has 73 valence electrons. The third-order valence-electron chi connectivity index (χ3n) is 1.56. The summed E-state index contributed by atoms with van der Waals surface area (Å²) in [7, 11) is -0.277. The molecule has 0 saturated carbocycles. The fourth-order valence-electron chi connectivity index (χ4n) is 1.01. The predicted molar refractivity (Wildman–Crippen MR) is 54.8 cm³/mol. The topological polar surface area (TPSA) is 18.5 Å². The van der Waals surface area contributed by atoms with Gasteiger partial charge in [-0.05, 0) is 19.9 Å². The minimum Gasteiger partial charge on any atom is -0.357 e. The molecule has 0 bridgehead atoms. The van der Waals surface area contributed by atoms with Crippen LogP contribution in [0, 0.1) is 6.04 Å². The summed E-state index contributed by atoms with van der Waals surface area (Å²) in [6.45, 7) is 7.75. The molecule has 0 fully saturated rings. The lowest BCUT2D eigenvalue weighted by Crippen LogP contribution is -2.25. The smallest absolute Gasteiger partial charge is 0.135 e. The molecule has 12 heavy (non-hydrogen) atoms. The van der Waals surface area contributed by atoms with Gasteiger partial charge in [0.25, 0.3) is 0 Å². The van der Waals surface area contributed by atoms with Crippen molar-refractivity contribution in [2.75, 3.05) is 13.2 Å². The molecule has 0 aliphatic heterocycles. The molecule has 0 N–H and O–H groups in total. The molecular formula is C9H21O2Si. The Morgan fingerprint density at radius 2 is 1.75 bits per heavy atom. The Morgan fingerprint density at radius 3 is 2.17 bits per heavy atom. The van der Waals surface area contributed by atoms with Gasteiger partial charge in [-0.3, -0.25) is 0 Å². The van der Waals surface area contributed by atoms with Gasteiger partial charge in [0.05, 0.1) is 9.52 Å². The summed E-state index contributed by atoms with van der Waals surface area (Å²) in [5.41, 5.74) is 0. The van der Waals surface area contributed by atoms with Gasteiger partial charge < -0.3 is 9.47 Å². The molecule has 0 aromatic carbocycles. The van der Waals surface area contributed by atoms with Gasteiger partial charge in [0, 0.05) is 13.2 Å². The van der Waals surface area contributed by atoms with Gasteiger partial charge in [0.15, 0.2) is 0 Å². The van der Waals surface area contributed by atoms with Gasteiger partial charge in [-0.15, -0.1) is 0 Å². The molecule has 0 atom stereocenters. The van der Waals surface area contributed by atoms with E-state index >= 15 is 0 Å². The second kappa shape index (κ2) is 9.23. The van der Waals surface area contributed by atoms with E-state index in [2.05, 4.69) is 13.0 Å². The van der Waals surface area contributed by atoms with E-state index in [1.54, 1.807) is 0 Å². The average Bonchev–Trinajstić information content (AvgIpc) is 2.06. The highest BCUT2D eigenvalue weighted by molar-refractivity contribution is 6.41. The summed E-state index contributed by atoms with van der Waals surface area (Å²) in [4.78, 5) is 0. The maximum Gasteiger partial charge on any atom is 0.135 e. The fraction of sp³-hybridized carbons (Fsp3) is 0.889. The summed E-state index contributed by atoms with van der Waals surface area (Å²) in [6.07, 6.45) is 2.45. The Kier molecular flexibility index (Phi) is 9.33. The lowest BCUT2D eigenvalue weighted by Gasteiger charge is -2.15. The zero-order valence-corrected chi connectivity index (χ0v) is 9.92. The summed E-state index contributed by atoms with van der Waals surface area (Å²) >= 11 is 0. The molecule has 0 saturated heterocycles. The number of unbranched alkanes of at least 4 members (excludes halogenated alkanes) is 1. The van der Waals surface area contributed by atoms with Crippen LogP contribution in [0.1, 0.15) is 33.6 Å². The third-order valence-corrected chi connectivity index (χ3v) is 3.15. The van der Waals surface area contributed by atoms with Crippen LogP contribution in [0.2, 0.25) is 0 Å². The van der Waals surface area contributed by atoms with Crippen molar-refractivity contribution in [1.29, 1.82) is 0 Å². The molecule has 0 aliphatic rings. The van der Waals surface area contributed by atoms with Crippen LogP contribution in [0.25, 0.3) is 0 Å². The minimum atomic E-state index is -0.277. The van der Waals surface area contributed by atoms with Crippen LogP contribution >= 0.6 is 0 Å². The average molecular weight is 189 g/mol. The fourth-order valence-corrected chi connectivity index (χ4v) is 2.67. The molecule has 0 rings (SSSR count). The van der Waals surface area contributed by atoms with Crippen molar-refractivity contribution in [3.8, 4) is 0 Å². The highest BCUT2D eigenvalue weighted by Gasteiger charge is 2.06. The molecule has 0 aromatic heterocycles. The first-order valence-corrected chi connectivity index (χ1v) is 6.53. The zero-order chi connectivity index (χ0) is 9.23. The van der Waals surface area contributed by atoms with Crippen molar-refractivity contribution in [3.63, 3.8) is 0 Å². The SMILES string of the molecule is CCC[CH][SiH2]C(OCC)OCC. The van der Waals surface area contributed by atoms with E-state index in [9.17, 15) is 0 Å². The van der Waals surface area contributed by atoms with Gasteiger partial charge >= 0.3 is 0 Å². The zero-order valence-electron chi connectivity index (χ0n) is 8.51. The Hall–Kier alpha value is 0.137. The number of hydrogen-bond acceptors (Lipinski definition) is 2. The monoisotopic (exact) mass is 189 g/mol. The first-order chi connectivity index (χ1) is 5.85. The first kappa shape index (κ1) is 12.1. The summed E-state index contributed by atoms with van der Waals surface area (Å²) in [6, 6.07) is 2.37. The van der Waals surface area contributed by atoms with Crippen molar-refractivity contribution < 1.29 is 9.47 Å². The number of hydrogen-bond donors (Lipinski definition) is 0. The molecule has 0 unspecified atom stereocenters. The Labute approximate surface area is 78.5 Å². The standard InChI is InChI=1S/C9H21O2Si/c1-4-7-8-12-9(10-5-2)11-6-3/h8-9H,4-7,12H2,1-3H3. The number of ether oxygens (including phenoxy) is 2. The minimum absolute atomic E-state index is 0.117. The quantitative estimate of drug-likeness (QED) is 0.327. The molecule has 0 heterocycles. The van der Waals surface area contributed by atoms with E-state index in [4.69, 9.17) is 9.47 Å². The van der Waals surface area contributed by atoms with E-state index in [1.165, 1.54) is 12.8 Å². The van der Waals surface area contributed by atoms with Gasteiger partial charge in [-0.25, -0.2) is 0 Å². The molecule has 1 radical (unpaired) electrons. The molecular weight excluding hydrogens is 168 g/mol. The van der Waals surface area contributed by atoms with E-state index in [-0.39, 0.29) is 15.4 Å². The largest absolute Gasteiger partial charge is 0.357 e. The van der Waals surface area contributed by atoms with Gasteiger partial charge in [0.1, 0.15) is 5.91 Å². The first-order valence-electron chi connectivity index (χ1n) is 4.89. The lowest BCUT2D eigenvalue weighted by molar-refractivity contribution is -0.0822. The molecule has 0 aliphatic carbocycles. The van der Waals surface area contributed by atoms with E-state index in [0.29, 0.717) is 0 Å². The Morgan fingerprint density at radius 1 is 1.17 bits per heavy atom. The predicted octanol–water partition coefficient (Wildman–Crippen LogP) is 1.47. The van der Waals surface area contributed by atoms with Crippen LogP contribution in [0.3, 0.4) is 0 Å². The maximum absolute atomic E-state index is 5.44. The van der Waals surface area contributed by atoms with Crippen molar-refractivity contribution in [2.45, 2.75) is 39.5 Å². The van der Waals surface area contributed by atoms with Crippen molar-refractivity contribution in [3.05, 3.63) is 6.04 Å². The second-order valence-corrected chi connectivity index (χ2v) is 4.37. The normalized spacial score (nSPS) is 12.0. The highest BCUT2D eigenvalue weighted by atomic mass is 28.2. The van der Waals surface area contributed by atoms with Gasteiger partial charge in [-0.2, -0.15) is 0 Å². The van der Waals surface area contributed by atoms with Crippen molar-refractivity contribution in [2.24, 2.45) is 0 Å². The Balaban J connectivity index is 3.34. The summed E-state index contributed by atoms with van der Waals surface area (Å²) in [5, 5.41) is 0. The molecule has 0 spiro atoms. The molecule has 0 amide bonds. The van der Waals surface area contributed by atoms with E-state index in [0.717, 1.165) is 13.2 Å². The van der Waals surface area contributed by atoms with E-state index < -0.39 is 0 Å². The van der Waals surface area contributed by atoms with E-state index in [1.807, 2.05) is 13.8 Å². The summed E-state index contributed by atoms with van der Waals surface area (Å²) < 4.78 is 10.9. The second-order valence-electron chi connectivity index (χ2n) is 2.65. The van der Waals surface area contributed by atoms with Crippen LogP contribution in [-0.2, 0) is 9.47 Å². The van der Waals surface area contributed by atoms with Crippen LogP contribution in [0.5, 0.6) is 0 Å². The molecule has 0 aromatic rings. The third kappa shape index (κ3) is 6.82.